The molecule has 0 spiro atoms. The summed E-state index contributed by atoms with van der Waals surface area (Å²) in [6, 6.07) is 0.437. The molecule has 1 heterocycles. The first-order valence-electron chi connectivity index (χ1n) is 4.59. The van der Waals surface area contributed by atoms with Crippen molar-refractivity contribution in [3.63, 3.8) is 0 Å². The molecule has 1 aromatic heterocycles. The highest BCUT2D eigenvalue weighted by Crippen LogP contribution is 2.06. The van der Waals surface area contributed by atoms with Gasteiger partial charge in [0.2, 0.25) is 0 Å². The van der Waals surface area contributed by atoms with Crippen LogP contribution in [0.4, 0.5) is 0 Å². The van der Waals surface area contributed by atoms with Crippen molar-refractivity contribution in [1.82, 2.24) is 15.1 Å². The Hall–Kier alpha value is -1.09. The van der Waals surface area contributed by atoms with E-state index in [4.69, 9.17) is 0 Å². The molecule has 0 bridgehead atoms. The highest BCUT2D eigenvalue weighted by molar-refractivity contribution is 5.46. The van der Waals surface area contributed by atoms with Crippen molar-refractivity contribution in [2.75, 3.05) is 13.6 Å². The van der Waals surface area contributed by atoms with Gasteiger partial charge in [-0.05, 0) is 20.9 Å². The van der Waals surface area contributed by atoms with Gasteiger partial charge in [-0.3, -0.25) is 4.68 Å². The fourth-order valence-electron chi connectivity index (χ4n) is 1.03. The quantitative estimate of drug-likeness (QED) is 0.762. The van der Waals surface area contributed by atoms with Crippen LogP contribution >= 0.6 is 0 Å². The lowest BCUT2D eigenvalue weighted by Crippen LogP contribution is -2.03. The fourth-order valence-corrected chi connectivity index (χ4v) is 1.03. The fraction of sp³-hybridized carbons (Fsp3) is 0.500. The second kappa shape index (κ2) is 4.82. The van der Waals surface area contributed by atoms with Crippen molar-refractivity contribution >= 4 is 6.08 Å². The van der Waals surface area contributed by atoms with Crippen LogP contribution in [0.2, 0.25) is 0 Å². The maximum absolute atomic E-state index is 4.24. The topological polar surface area (TPSA) is 29.9 Å². The predicted molar refractivity (Wildman–Crippen MR) is 55.6 cm³/mol. The van der Waals surface area contributed by atoms with Crippen molar-refractivity contribution in [3.05, 3.63) is 24.0 Å². The molecule has 1 rings (SSSR count). The molecule has 0 saturated carbocycles. The summed E-state index contributed by atoms with van der Waals surface area (Å²) in [4.78, 5) is 0. The normalized spacial score (nSPS) is 11.7. The minimum atomic E-state index is 0.437. The Bertz CT molecular complexity index is 273. The average molecular weight is 179 g/mol. The lowest BCUT2D eigenvalue weighted by atomic mass is 10.3. The van der Waals surface area contributed by atoms with Crippen molar-refractivity contribution in [2.24, 2.45) is 0 Å². The number of aromatic nitrogens is 2. The first kappa shape index (κ1) is 9.99. The van der Waals surface area contributed by atoms with Crippen LogP contribution in [0.15, 0.2) is 18.5 Å². The molecule has 0 radical (unpaired) electrons. The van der Waals surface area contributed by atoms with Crippen molar-refractivity contribution in [3.8, 4) is 0 Å². The molecule has 0 unspecified atom stereocenters. The second-order valence-corrected chi connectivity index (χ2v) is 3.31. The molecule has 0 aliphatic carbocycles. The van der Waals surface area contributed by atoms with Crippen LogP contribution in [0.25, 0.3) is 6.08 Å². The van der Waals surface area contributed by atoms with Gasteiger partial charge in [-0.25, -0.2) is 0 Å². The van der Waals surface area contributed by atoms with Crippen molar-refractivity contribution < 1.29 is 0 Å². The summed E-state index contributed by atoms with van der Waals surface area (Å²) in [5.41, 5.74) is 1.16. The summed E-state index contributed by atoms with van der Waals surface area (Å²) in [7, 11) is 1.93. The third-order valence-electron chi connectivity index (χ3n) is 1.78. The molecule has 72 valence electrons. The van der Waals surface area contributed by atoms with Gasteiger partial charge in [-0.2, -0.15) is 5.10 Å². The van der Waals surface area contributed by atoms with Gasteiger partial charge in [0.05, 0.1) is 6.20 Å². The second-order valence-electron chi connectivity index (χ2n) is 3.31. The molecular formula is C10H17N3. The van der Waals surface area contributed by atoms with E-state index in [-0.39, 0.29) is 0 Å². The highest BCUT2D eigenvalue weighted by atomic mass is 15.3. The van der Waals surface area contributed by atoms with Crippen LogP contribution < -0.4 is 5.32 Å². The minimum Gasteiger partial charge on any atom is -0.316 e. The summed E-state index contributed by atoms with van der Waals surface area (Å²) >= 11 is 0. The van der Waals surface area contributed by atoms with Gasteiger partial charge in [0.25, 0.3) is 0 Å². The number of nitrogens with one attached hydrogen (secondary N) is 1. The van der Waals surface area contributed by atoms with Gasteiger partial charge in [-0.1, -0.05) is 12.2 Å². The molecule has 3 heteroatoms. The van der Waals surface area contributed by atoms with Crippen LogP contribution in [-0.4, -0.2) is 23.4 Å². The summed E-state index contributed by atoms with van der Waals surface area (Å²) in [5.74, 6) is 0. The summed E-state index contributed by atoms with van der Waals surface area (Å²) in [6.45, 7) is 5.13. The third kappa shape index (κ3) is 3.03. The Morgan fingerprint density at radius 2 is 2.38 bits per heavy atom. The van der Waals surface area contributed by atoms with E-state index < -0.39 is 0 Å². The zero-order valence-electron chi connectivity index (χ0n) is 8.49. The van der Waals surface area contributed by atoms with E-state index in [1.54, 1.807) is 0 Å². The number of likely N-dealkylation sites (N-methyl/N-ethyl adjacent to an activating group) is 1. The first-order valence-corrected chi connectivity index (χ1v) is 4.59. The SMILES string of the molecule is CNCC=Cc1cnn(C(C)C)c1. The Morgan fingerprint density at radius 3 is 2.92 bits per heavy atom. The summed E-state index contributed by atoms with van der Waals surface area (Å²) < 4.78 is 1.96. The minimum absolute atomic E-state index is 0.437. The van der Waals surface area contributed by atoms with Gasteiger partial charge < -0.3 is 5.32 Å². The maximum atomic E-state index is 4.24. The largest absolute Gasteiger partial charge is 0.316 e. The molecule has 0 aromatic carbocycles. The number of hydrogen-bond donors (Lipinski definition) is 1. The Morgan fingerprint density at radius 1 is 1.62 bits per heavy atom. The van der Waals surface area contributed by atoms with E-state index in [0.29, 0.717) is 6.04 Å². The lowest BCUT2D eigenvalue weighted by molar-refractivity contribution is 0.532. The van der Waals surface area contributed by atoms with Crippen LogP contribution in [0.1, 0.15) is 25.5 Å². The highest BCUT2D eigenvalue weighted by Gasteiger charge is 1.97. The smallest absolute Gasteiger partial charge is 0.0562 e. The lowest BCUT2D eigenvalue weighted by Gasteiger charge is -2.02. The molecule has 0 aliphatic rings. The Labute approximate surface area is 79.5 Å². The van der Waals surface area contributed by atoms with E-state index in [0.717, 1.165) is 12.1 Å². The van der Waals surface area contributed by atoms with Crippen molar-refractivity contribution in [1.29, 1.82) is 0 Å². The van der Waals surface area contributed by atoms with Gasteiger partial charge in [0, 0.05) is 24.3 Å². The van der Waals surface area contributed by atoms with E-state index in [1.807, 2.05) is 17.9 Å². The third-order valence-corrected chi connectivity index (χ3v) is 1.78. The van der Waals surface area contributed by atoms with E-state index in [1.165, 1.54) is 0 Å². The standard InChI is InChI=1S/C10H17N3/c1-9(2)13-8-10(7-12-13)5-4-6-11-3/h4-5,7-9,11H,6H2,1-3H3. The molecule has 0 fully saturated rings. The van der Waals surface area contributed by atoms with E-state index >= 15 is 0 Å². The van der Waals surface area contributed by atoms with E-state index in [9.17, 15) is 0 Å². The van der Waals surface area contributed by atoms with Crippen molar-refractivity contribution in [2.45, 2.75) is 19.9 Å². The zero-order chi connectivity index (χ0) is 9.68. The Balaban J connectivity index is 2.58. The molecule has 1 aromatic rings. The predicted octanol–water partition coefficient (Wildman–Crippen LogP) is 1.70. The Kier molecular flexibility index (Phi) is 3.71. The zero-order valence-corrected chi connectivity index (χ0v) is 8.49. The number of nitrogens with zero attached hydrogens (tertiary/aromatic N) is 2. The van der Waals surface area contributed by atoms with Crippen LogP contribution in [0.3, 0.4) is 0 Å². The first-order chi connectivity index (χ1) is 6.24. The average Bonchev–Trinajstić information content (AvgIpc) is 2.53. The number of rotatable bonds is 4. The molecular weight excluding hydrogens is 162 g/mol. The van der Waals surface area contributed by atoms with Gasteiger partial charge >= 0.3 is 0 Å². The molecule has 0 amide bonds. The van der Waals surface area contributed by atoms with Gasteiger partial charge in [0.15, 0.2) is 0 Å². The molecule has 1 N–H and O–H groups in total. The molecule has 0 atom stereocenters. The van der Waals surface area contributed by atoms with Gasteiger partial charge in [0.1, 0.15) is 0 Å². The van der Waals surface area contributed by atoms with Crippen LogP contribution in [0, 0.1) is 0 Å². The molecule has 3 nitrogen and oxygen atoms in total. The van der Waals surface area contributed by atoms with Crippen LogP contribution in [-0.2, 0) is 0 Å². The monoisotopic (exact) mass is 179 g/mol. The maximum Gasteiger partial charge on any atom is 0.0562 e. The molecule has 13 heavy (non-hydrogen) atoms. The molecule has 0 aliphatic heterocycles. The molecule has 0 saturated heterocycles. The van der Waals surface area contributed by atoms with Crippen LogP contribution in [0.5, 0.6) is 0 Å². The number of hydrogen-bond acceptors (Lipinski definition) is 2. The summed E-state index contributed by atoms with van der Waals surface area (Å²) in [6.07, 6.45) is 8.09. The van der Waals surface area contributed by atoms with E-state index in [2.05, 4.69) is 42.6 Å². The summed E-state index contributed by atoms with van der Waals surface area (Å²) in [5, 5.41) is 7.29. The van der Waals surface area contributed by atoms with Gasteiger partial charge in [-0.15, -0.1) is 0 Å².